The lowest BCUT2D eigenvalue weighted by Gasteiger charge is -2.42. The van der Waals surface area contributed by atoms with Crippen molar-refractivity contribution in [3.05, 3.63) is 46.5 Å². The second kappa shape index (κ2) is 17.5. The highest BCUT2D eigenvalue weighted by Gasteiger charge is 2.64. The van der Waals surface area contributed by atoms with E-state index in [4.69, 9.17) is 35.3 Å². The van der Waals surface area contributed by atoms with Gasteiger partial charge < -0.3 is 38.6 Å². The number of amides is 3. The summed E-state index contributed by atoms with van der Waals surface area (Å²) in [6, 6.07) is 2.63. The number of aliphatic hydroxyl groups is 1. The van der Waals surface area contributed by atoms with E-state index in [1.54, 1.807) is 73.7 Å². The highest BCUT2D eigenvalue weighted by Crippen LogP contribution is 2.49. The number of carbonyl (C=O) groups excluding carboxylic acids is 4. The maximum absolute atomic E-state index is 14.1. The second-order valence-electron chi connectivity index (χ2n) is 13.6. The van der Waals surface area contributed by atoms with Crippen LogP contribution in [0.1, 0.15) is 52.5 Å². The molecule has 2 N–H and O–H groups in total. The number of anilines is 1. The molecule has 288 valence electrons. The third-order valence-electron chi connectivity index (χ3n) is 10.0. The molecule has 1 aromatic rings. The number of nitrogens with one attached hydrogen (secondary N) is 1. The van der Waals surface area contributed by atoms with Crippen molar-refractivity contribution in [2.45, 2.75) is 95.2 Å². The molecule has 2 fully saturated rings. The lowest BCUT2D eigenvalue weighted by Crippen LogP contribution is -2.63. The topological polar surface area (TPSA) is 156 Å². The molecule has 1 aromatic carbocycles. The van der Waals surface area contributed by atoms with Gasteiger partial charge in [-0.25, -0.2) is 9.59 Å². The largest absolute Gasteiger partial charge is 0.495 e. The van der Waals surface area contributed by atoms with Gasteiger partial charge in [0.2, 0.25) is 11.8 Å². The van der Waals surface area contributed by atoms with E-state index >= 15 is 0 Å². The molecule has 52 heavy (non-hydrogen) atoms. The number of epoxide rings is 1. The number of halogens is 1. The summed E-state index contributed by atoms with van der Waals surface area (Å²) in [6.07, 6.45) is 3.17. The Labute approximate surface area is 318 Å². The molecule has 0 spiro atoms. The lowest BCUT2D eigenvalue weighted by atomic mass is 9.83. The molecular weight excluding hydrogens is 734 g/mol. The normalized spacial score (nSPS) is 29.9. The van der Waals surface area contributed by atoms with E-state index in [2.05, 4.69) is 5.32 Å². The van der Waals surface area contributed by atoms with Gasteiger partial charge in [-0.05, 0) is 51.1 Å². The highest BCUT2D eigenvalue weighted by atomic mass is 35.5. The van der Waals surface area contributed by atoms with Crippen LogP contribution in [-0.2, 0) is 39.8 Å². The zero-order valence-electron chi connectivity index (χ0n) is 31.1. The van der Waals surface area contributed by atoms with Crippen LogP contribution in [0.25, 0.3) is 0 Å². The SMILES string of the molecule is COc1cc2cc(c1Cl)N(C)C(=O)C[C@H](OC(=O)[C@H](C)N(C)C(=O)CCSSC)[C@]1(C)O[C@@H]1[C@H](C)[C@@H]1C[C@@](O)(NC(=O)O1)[C@H](OC)C=CC=C(C)C2. The summed E-state index contributed by atoms with van der Waals surface area (Å²) in [5, 5.41) is 14.5. The van der Waals surface area contributed by atoms with Crippen molar-refractivity contribution in [1.82, 2.24) is 10.2 Å². The third-order valence-corrected chi connectivity index (χ3v) is 12.2. The number of hydrogen-bond acceptors (Lipinski definition) is 12. The summed E-state index contributed by atoms with van der Waals surface area (Å²) in [4.78, 5) is 56.2. The third kappa shape index (κ3) is 9.40. The number of nitrogens with zero attached hydrogens (tertiary/aromatic N) is 2. The fourth-order valence-electron chi connectivity index (χ4n) is 6.61. The van der Waals surface area contributed by atoms with Gasteiger partial charge in [0.25, 0.3) is 0 Å². The van der Waals surface area contributed by atoms with E-state index in [9.17, 15) is 24.3 Å². The molecule has 3 amide bonds. The van der Waals surface area contributed by atoms with Crippen LogP contribution in [0, 0.1) is 5.92 Å². The van der Waals surface area contributed by atoms with Crippen LogP contribution in [0.3, 0.4) is 0 Å². The smallest absolute Gasteiger partial charge is 0.409 e. The number of fused-ring (bicyclic) bond motifs is 5. The number of carbonyl (C=O) groups is 4. The van der Waals surface area contributed by atoms with E-state index < -0.39 is 65.7 Å². The maximum atomic E-state index is 14.1. The molecule has 4 rings (SSSR count). The minimum Gasteiger partial charge on any atom is -0.495 e. The molecule has 0 unspecified atom stereocenters. The zero-order valence-corrected chi connectivity index (χ0v) is 33.5. The summed E-state index contributed by atoms with van der Waals surface area (Å²) in [5.74, 6) is -0.916. The molecule has 3 heterocycles. The number of alkyl carbamates (subject to hydrolysis) is 1. The number of allylic oxidation sites excluding steroid dienone is 3. The fraction of sp³-hybridized carbons (Fsp3) is 0.611. The van der Waals surface area contributed by atoms with Crippen molar-refractivity contribution < 1.29 is 48.0 Å². The average Bonchev–Trinajstić information content (AvgIpc) is 3.80. The Kier molecular flexibility index (Phi) is 14.0. The fourth-order valence-corrected chi connectivity index (χ4v) is 8.09. The molecule has 0 aromatic heterocycles. The van der Waals surface area contributed by atoms with Crippen LogP contribution in [0.4, 0.5) is 10.5 Å². The Morgan fingerprint density at radius 2 is 1.98 bits per heavy atom. The van der Waals surface area contributed by atoms with Crippen molar-refractivity contribution in [2.24, 2.45) is 5.92 Å². The Bertz CT molecular complexity index is 1580. The first-order chi connectivity index (χ1) is 24.5. The minimum absolute atomic E-state index is 0.0452. The summed E-state index contributed by atoms with van der Waals surface area (Å²) in [5.41, 5.74) is -0.884. The van der Waals surface area contributed by atoms with Gasteiger partial charge in [-0.2, -0.15) is 0 Å². The molecule has 16 heteroatoms. The summed E-state index contributed by atoms with van der Waals surface area (Å²) < 4.78 is 29.2. The molecule has 0 radical (unpaired) electrons. The van der Waals surface area contributed by atoms with Gasteiger partial charge in [-0.15, -0.1) is 0 Å². The highest BCUT2D eigenvalue weighted by molar-refractivity contribution is 8.76. The summed E-state index contributed by atoms with van der Waals surface area (Å²) in [6.45, 7) is 7.02. The van der Waals surface area contributed by atoms with E-state index in [0.717, 1.165) is 11.1 Å². The number of rotatable bonds is 9. The number of benzene rings is 1. The van der Waals surface area contributed by atoms with Crippen molar-refractivity contribution in [2.75, 3.05) is 45.2 Å². The van der Waals surface area contributed by atoms with Crippen molar-refractivity contribution >= 4 is 62.8 Å². The first-order valence-corrected chi connectivity index (χ1v) is 20.1. The molecule has 13 nitrogen and oxygen atoms in total. The quantitative estimate of drug-likeness (QED) is 0.151. The number of esters is 1. The number of methoxy groups -OCH3 is 2. The number of hydrogen-bond donors (Lipinski definition) is 2. The maximum Gasteiger partial charge on any atom is 0.409 e. The molecular formula is C36H50ClN3O10S2. The van der Waals surface area contributed by atoms with Crippen LogP contribution >= 0.6 is 33.2 Å². The van der Waals surface area contributed by atoms with Crippen LogP contribution in [0.15, 0.2) is 35.9 Å². The van der Waals surface area contributed by atoms with Crippen molar-refractivity contribution in [1.29, 1.82) is 0 Å². The molecule has 4 bridgehead atoms. The zero-order chi connectivity index (χ0) is 38.5. The van der Waals surface area contributed by atoms with Crippen LogP contribution in [0.2, 0.25) is 5.02 Å². The predicted molar refractivity (Wildman–Crippen MR) is 202 cm³/mol. The van der Waals surface area contributed by atoms with Gasteiger partial charge in [0.05, 0.1) is 25.3 Å². The van der Waals surface area contributed by atoms with Gasteiger partial charge >= 0.3 is 12.1 Å². The van der Waals surface area contributed by atoms with Crippen molar-refractivity contribution in [3.63, 3.8) is 0 Å². The minimum atomic E-state index is -1.82. The van der Waals surface area contributed by atoms with Gasteiger partial charge in [0.1, 0.15) is 40.7 Å². The Morgan fingerprint density at radius 1 is 1.27 bits per heavy atom. The first kappa shape index (κ1) is 41.8. The Balaban J connectivity index is 1.74. The Morgan fingerprint density at radius 3 is 2.63 bits per heavy atom. The van der Waals surface area contributed by atoms with E-state index in [-0.39, 0.29) is 30.2 Å². The molecule has 0 saturated carbocycles. The molecule has 0 aliphatic carbocycles. The second-order valence-corrected chi connectivity index (χ2v) is 16.7. The van der Waals surface area contributed by atoms with Gasteiger partial charge in [-0.3, -0.25) is 14.9 Å². The average molecular weight is 784 g/mol. The van der Waals surface area contributed by atoms with Crippen molar-refractivity contribution in [3.8, 4) is 5.75 Å². The molecule has 3 aliphatic rings. The van der Waals surface area contributed by atoms with Crippen LogP contribution in [0.5, 0.6) is 5.75 Å². The summed E-state index contributed by atoms with van der Waals surface area (Å²) in [7, 11) is 9.14. The Hall–Kier alpha value is -2.95. The van der Waals surface area contributed by atoms with Crippen LogP contribution < -0.4 is 15.0 Å². The van der Waals surface area contributed by atoms with E-state index in [0.29, 0.717) is 23.6 Å². The standard InChI is InChI=1S/C36H50ClN3O10S2/c1-20-11-10-12-27(47-8)36(45)19-26(48-34(44)38-36)21(2)32-35(4,50-32)28(49-33(43)22(3)39(5)29(41)13-14-52-51-9)18-30(42)40(6)24-16-23(15-20)17-25(46-7)31(24)37/h10-12,16-17,21-22,26-28,32,45H,13-15,18-19H2,1-9H3,(H,38,44)/t21-,22+,26+,27-,28+,32-,35+,36+/m1/s1. The first-order valence-electron chi connectivity index (χ1n) is 17.0. The van der Waals surface area contributed by atoms with Gasteiger partial charge in [-0.1, -0.05) is 63.9 Å². The van der Waals surface area contributed by atoms with Crippen LogP contribution in [-0.4, -0.2) is 116 Å². The molecule has 2 saturated heterocycles. The van der Waals surface area contributed by atoms with E-state index in [1.165, 1.54) is 31.1 Å². The monoisotopic (exact) mass is 783 g/mol. The molecule has 8 atom stereocenters. The number of likely N-dealkylation sites (N-methyl/N-ethyl adjacent to an activating group) is 1. The van der Waals surface area contributed by atoms with Gasteiger partial charge in [0.15, 0.2) is 5.72 Å². The predicted octanol–water partition coefficient (Wildman–Crippen LogP) is 4.92. The van der Waals surface area contributed by atoms with Gasteiger partial charge in [0, 0.05) is 45.7 Å². The van der Waals surface area contributed by atoms with E-state index in [1.807, 2.05) is 19.3 Å². The lowest BCUT2D eigenvalue weighted by molar-refractivity contribution is -0.161. The summed E-state index contributed by atoms with van der Waals surface area (Å²) >= 11 is 6.75. The molecule has 3 aliphatic heterocycles. The number of ether oxygens (including phenoxy) is 5.